The van der Waals surface area contributed by atoms with E-state index in [4.69, 9.17) is 5.11 Å². The van der Waals surface area contributed by atoms with Gasteiger partial charge in [0, 0.05) is 18.8 Å². The van der Waals surface area contributed by atoms with E-state index in [1.54, 1.807) is 0 Å². The van der Waals surface area contributed by atoms with E-state index in [9.17, 15) is 4.79 Å². The Morgan fingerprint density at radius 2 is 1.95 bits per heavy atom. The quantitative estimate of drug-likeness (QED) is 0.775. The summed E-state index contributed by atoms with van der Waals surface area (Å²) in [4.78, 5) is 11.9. The van der Waals surface area contributed by atoms with Crippen molar-refractivity contribution in [2.45, 2.75) is 39.5 Å². The van der Waals surface area contributed by atoms with Gasteiger partial charge in [-0.05, 0) is 29.4 Å². The fourth-order valence-electron chi connectivity index (χ4n) is 2.00. The molecule has 4 nitrogen and oxygen atoms in total. The first-order valence-corrected chi connectivity index (χ1v) is 7.10. The van der Waals surface area contributed by atoms with Crippen molar-refractivity contribution in [1.82, 2.24) is 5.32 Å². The van der Waals surface area contributed by atoms with Gasteiger partial charge in [0.1, 0.15) is 0 Å². The first-order valence-electron chi connectivity index (χ1n) is 7.10. The third kappa shape index (κ3) is 5.21. The second-order valence-electron chi connectivity index (χ2n) is 6.25. The summed E-state index contributed by atoms with van der Waals surface area (Å²) in [5, 5.41) is 14.6. The van der Waals surface area contributed by atoms with E-state index in [1.807, 2.05) is 31.2 Å². The summed E-state index contributed by atoms with van der Waals surface area (Å²) in [5.41, 5.74) is 1.93. The Hall–Kier alpha value is -1.55. The molecule has 112 valence electrons. The topological polar surface area (TPSA) is 61.4 Å². The van der Waals surface area contributed by atoms with Gasteiger partial charge in [-0.3, -0.25) is 0 Å². The van der Waals surface area contributed by atoms with Gasteiger partial charge in [0.2, 0.25) is 0 Å². The van der Waals surface area contributed by atoms with Gasteiger partial charge in [0.15, 0.2) is 0 Å². The molecule has 0 aliphatic heterocycles. The van der Waals surface area contributed by atoms with Crippen LogP contribution in [0.3, 0.4) is 0 Å². The third-order valence-corrected chi connectivity index (χ3v) is 3.22. The first kappa shape index (κ1) is 16.5. The maximum absolute atomic E-state index is 11.9. The van der Waals surface area contributed by atoms with Crippen LogP contribution in [0.2, 0.25) is 0 Å². The van der Waals surface area contributed by atoms with Crippen molar-refractivity contribution in [3.05, 3.63) is 29.8 Å². The number of carbonyl (C=O) groups is 1. The molecule has 0 aromatic heterocycles. The van der Waals surface area contributed by atoms with E-state index in [1.165, 1.54) is 0 Å². The summed E-state index contributed by atoms with van der Waals surface area (Å²) in [7, 11) is 0. The predicted octanol–water partition coefficient (Wildman–Crippen LogP) is 3.12. The molecular formula is C16H26N2O2. The number of para-hydroxylation sites is 1. The van der Waals surface area contributed by atoms with E-state index in [-0.39, 0.29) is 24.0 Å². The lowest BCUT2D eigenvalue weighted by Crippen LogP contribution is -2.33. The average molecular weight is 278 g/mol. The van der Waals surface area contributed by atoms with Crippen LogP contribution < -0.4 is 10.6 Å². The van der Waals surface area contributed by atoms with Gasteiger partial charge in [0.25, 0.3) is 0 Å². The Balaban J connectivity index is 2.63. The monoisotopic (exact) mass is 278 g/mol. The lowest BCUT2D eigenvalue weighted by atomic mass is 9.86. The largest absolute Gasteiger partial charge is 0.396 e. The molecule has 3 N–H and O–H groups in total. The Labute approximate surface area is 121 Å². The molecule has 1 rings (SSSR count). The van der Waals surface area contributed by atoms with Gasteiger partial charge < -0.3 is 15.7 Å². The van der Waals surface area contributed by atoms with E-state index in [0.717, 1.165) is 11.3 Å². The zero-order valence-corrected chi connectivity index (χ0v) is 12.9. The molecule has 0 aliphatic rings. The van der Waals surface area contributed by atoms with Crippen LogP contribution in [0, 0.1) is 5.92 Å². The van der Waals surface area contributed by atoms with Crippen molar-refractivity contribution in [2.75, 3.05) is 18.5 Å². The SMILES string of the molecule is CC(CCO)CNC(=O)Nc1ccccc1C(C)(C)C. The lowest BCUT2D eigenvalue weighted by Gasteiger charge is -2.23. The number of aliphatic hydroxyl groups is 1. The van der Waals surface area contributed by atoms with Gasteiger partial charge in [-0.1, -0.05) is 45.9 Å². The smallest absolute Gasteiger partial charge is 0.319 e. The minimum Gasteiger partial charge on any atom is -0.396 e. The molecule has 0 spiro atoms. The summed E-state index contributed by atoms with van der Waals surface area (Å²) in [6.07, 6.45) is 0.693. The van der Waals surface area contributed by atoms with Crippen molar-refractivity contribution >= 4 is 11.7 Å². The number of urea groups is 1. The van der Waals surface area contributed by atoms with Crippen LogP contribution >= 0.6 is 0 Å². The average Bonchev–Trinajstić information content (AvgIpc) is 2.36. The number of aliphatic hydroxyl groups excluding tert-OH is 1. The molecule has 0 saturated heterocycles. The van der Waals surface area contributed by atoms with E-state index in [2.05, 4.69) is 31.4 Å². The Morgan fingerprint density at radius 3 is 2.55 bits per heavy atom. The van der Waals surface area contributed by atoms with E-state index >= 15 is 0 Å². The molecule has 0 aliphatic carbocycles. The second kappa shape index (κ2) is 7.29. The summed E-state index contributed by atoms with van der Waals surface area (Å²) >= 11 is 0. The highest BCUT2D eigenvalue weighted by molar-refractivity contribution is 5.90. The maximum Gasteiger partial charge on any atom is 0.319 e. The molecule has 4 heteroatoms. The minimum absolute atomic E-state index is 0.0198. The van der Waals surface area contributed by atoms with Crippen LogP contribution in [0.1, 0.15) is 39.7 Å². The van der Waals surface area contributed by atoms with E-state index in [0.29, 0.717) is 13.0 Å². The van der Waals surface area contributed by atoms with Crippen LogP contribution in [-0.2, 0) is 5.41 Å². The van der Waals surface area contributed by atoms with Gasteiger partial charge in [0.05, 0.1) is 0 Å². The van der Waals surface area contributed by atoms with Crippen molar-refractivity contribution in [3.8, 4) is 0 Å². The van der Waals surface area contributed by atoms with Crippen molar-refractivity contribution in [1.29, 1.82) is 0 Å². The lowest BCUT2D eigenvalue weighted by molar-refractivity contribution is 0.243. The maximum atomic E-state index is 11.9. The van der Waals surface area contributed by atoms with Crippen LogP contribution in [0.25, 0.3) is 0 Å². The Morgan fingerprint density at radius 1 is 1.30 bits per heavy atom. The number of hydrogen-bond donors (Lipinski definition) is 3. The number of hydrogen-bond acceptors (Lipinski definition) is 2. The van der Waals surface area contributed by atoms with Crippen molar-refractivity contribution in [3.63, 3.8) is 0 Å². The molecule has 0 radical (unpaired) electrons. The molecule has 1 aromatic rings. The molecule has 0 saturated carbocycles. The normalized spacial score (nSPS) is 12.8. The van der Waals surface area contributed by atoms with Crippen LogP contribution in [0.4, 0.5) is 10.5 Å². The van der Waals surface area contributed by atoms with Crippen molar-refractivity contribution in [2.24, 2.45) is 5.92 Å². The van der Waals surface area contributed by atoms with Gasteiger partial charge in [-0.2, -0.15) is 0 Å². The molecule has 1 unspecified atom stereocenters. The van der Waals surface area contributed by atoms with E-state index < -0.39 is 0 Å². The zero-order chi connectivity index (χ0) is 15.2. The van der Waals surface area contributed by atoms with Gasteiger partial charge in [-0.15, -0.1) is 0 Å². The number of rotatable bonds is 5. The highest BCUT2D eigenvalue weighted by Gasteiger charge is 2.18. The molecule has 0 bridgehead atoms. The van der Waals surface area contributed by atoms with Gasteiger partial charge in [-0.25, -0.2) is 4.79 Å². The molecule has 1 aromatic carbocycles. The summed E-state index contributed by atoms with van der Waals surface area (Å²) < 4.78 is 0. The number of benzene rings is 1. The molecule has 0 fully saturated rings. The summed E-state index contributed by atoms with van der Waals surface area (Å²) in [6, 6.07) is 7.64. The fraction of sp³-hybridized carbons (Fsp3) is 0.562. The second-order valence-corrected chi connectivity index (χ2v) is 6.25. The summed E-state index contributed by atoms with van der Waals surface area (Å²) in [6.45, 7) is 9.07. The minimum atomic E-state index is -0.202. The number of anilines is 1. The highest BCUT2D eigenvalue weighted by atomic mass is 16.3. The van der Waals surface area contributed by atoms with Crippen LogP contribution in [0.5, 0.6) is 0 Å². The molecule has 20 heavy (non-hydrogen) atoms. The molecule has 0 heterocycles. The highest BCUT2D eigenvalue weighted by Crippen LogP contribution is 2.29. The number of carbonyl (C=O) groups excluding carboxylic acids is 1. The molecule has 2 amide bonds. The molecular weight excluding hydrogens is 252 g/mol. The Bertz CT molecular complexity index is 438. The fourth-order valence-corrected chi connectivity index (χ4v) is 2.00. The van der Waals surface area contributed by atoms with Crippen LogP contribution in [0.15, 0.2) is 24.3 Å². The number of amides is 2. The summed E-state index contributed by atoms with van der Waals surface area (Å²) in [5.74, 6) is 0.267. The standard InChI is InChI=1S/C16H26N2O2/c1-12(9-10-19)11-17-15(20)18-14-8-6-5-7-13(14)16(2,3)4/h5-8,12,19H,9-11H2,1-4H3,(H2,17,18,20). The van der Waals surface area contributed by atoms with Crippen LogP contribution in [-0.4, -0.2) is 24.3 Å². The number of nitrogens with one attached hydrogen (secondary N) is 2. The zero-order valence-electron chi connectivity index (χ0n) is 12.9. The Kier molecular flexibility index (Phi) is 6.02. The molecule has 1 atom stereocenters. The first-order chi connectivity index (χ1) is 9.34. The van der Waals surface area contributed by atoms with Gasteiger partial charge >= 0.3 is 6.03 Å². The van der Waals surface area contributed by atoms with Crippen molar-refractivity contribution < 1.29 is 9.90 Å². The predicted molar refractivity (Wildman–Crippen MR) is 83.0 cm³/mol. The third-order valence-electron chi connectivity index (χ3n) is 3.22.